The number of hydroxylamine groups is 2. The van der Waals surface area contributed by atoms with Crippen LogP contribution >= 0.6 is 0 Å². The molecule has 1 saturated heterocycles. The van der Waals surface area contributed by atoms with Crippen LogP contribution in [0.25, 0.3) is 0 Å². The summed E-state index contributed by atoms with van der Waals surface area (Å²) in [6, 6.07) is 3.45. The standard InChI is InChI=1S/C12H13N2O3/c1-2-12(9-4-7-13-8-5-9)6-3-10(15)14(17)11(12)16/h4-5,7-8H,2-3,6H2,1H3/q-1. The lowest BCUT2D eigenvalue weighted by Gasteiger charge is -2.43. The zero-order valence-electron chi connectivity index (χ0n) is 9.55. The van der Waals surface area contributed by atoms with Crippen LogP contribution in [0.1, 0.15) is 31.7 Å². The van der Waals surface area contributed by atoms with Crippen molar-refractivity contribution in [1.82, 2.24) is 10.0 Å². The molecular weight excluding hydrogens is 220 g/mol. The van der Waals surface area contributed by atoms with Gasteiger partial charge in [0.1, 0.15) is 0 Å². The molecule has 2 heterocycles. The van der Waals surface area contributed by atoms with E-state index in [4.69, 9.17) is 0 Å². The highest BCUT2D eigenvalue weighted by Gasteiger charge is 2.43. The van der Waals surface area contributed by atoms with Gasteiger partial charge >= 0.3 is 0 Å². The molecule has 1 unspecified atom stereocenters. The van der Waals surface area contributed by atoms with Crippen molar-refractivity contribution in [2.45, 2.75) is 31.6 Å². The smallest absolute Gasteiger partial charge is 0.229 e. The summed E-state index contributed by atoms with van der Waals surface area (Å²) in [6.45, 7) is 1.85. The monoisotopic (exact) mass is 233 g/mol. The molecule has 1 aromatic rings. The lowest BCUT2D eigenvalue weighted by molar-refractivity contribution is -0.150. The molecule has 0 bridgehead atoms. The summed E-state index contributed by atoms with van der Waals surface area (Å²) < 4.78 is 0. The fourth-order valence-electron chi connectivity index (χ4n) is 2.31. The van der Waals surface area contributed by atoms with Gasteiger partial charge < -0.3 is 10.3 Å². The Bertz CT molecular complexity index is 446. The Balaban J connectivity index is 2.45. The van der Waals surface area contributed by atoms with E-state index in [2.05, 4.69) is 4.98 Å². The van der Waals surface area contributed by atoms with Gasteiger partial charge in [-0.05, 0) is 30.5 Å². The Morgan fingerprint density at radius 1 is 1.41 bits per heavy atom. The molecular formula is C12H13N2O3-. The van der Waals surface area contributed by atoms with E-state index in [0.29, 0.717) is 12.8 Å². The molecule has 1 aromatic heterocycles. The second-order valence-corrected chi connectivity index (χ2v) is 4.16. The third kappa shape index (κ3) is 1.72. The van der Waals surface area contributed by atoms with Crippen molar-refractivity contribution in [3.05, 3.63) is 35.3 Å². The minimum absolute atomic E-state index is 0.00737. The number of amides is 2. The summed E-state index contributed by atoms with van der Waals surface area (Å²) in [7, 11) is 0. The van der Waals surface area contributed by atoms with Crippen LogP contribution in [0.15, 0.2) is 24.5 Å². The first-order chi connectivity index (χ1) is 8.12. The predicted molar refractivity (Wildman–Crippen MR) is 60.7 cm³/mol. The molecule has 0 radical (unpaired) electrons. The number of aromatic nitrogens is 1. The number of carbonyl (C=O) groups is 2. The Morgan fingerprint density at radius 3 is 2.65 bits per heavy atom. The number of nitrogens with zero attached hydrogens (tertiary/aromatic N) is 2. The van der Waals surface area contributed by atoms with Gasteiger partial charge in [0.2, 0.25) is 11.8 Å². The van der Waals surface area contributed by atoms with E-state index < -0.39 is 17.2 Å². The van der Waals surface area contributed by atoms with Crippen molar-refractivity contribution in [2.24, 2.45) is 0 Å². The average molecular weight is 233 g/mol. The van der Waals surface area contributed by atoms with Crippen LogP contribution in [0, 0.1) is 5.21 Å². The Morgan fingerprint density at radius 2 is 2.06 bits per heavy atom. The second-order valence-electron chi connectivity index (χ2n) is 4.16. The summed E-state index contributed by atoms with van der Waals surface area (Å²) >= 11 is 0. The van der Waals surface area contributed by atoms with E-state index in [1.54, 1.807) is 24.5 Å². The fraction of sp³-hybridized carbons (Fsp3) is 0.417. The zero-order valence-corrected chi connectivity index (χ0v) is 9.55. The second kappa shape index (κ2) is 4.25. The molecule has 0 spiro atoms. The largest absolute Gasteiger partial charge is 0.750 e. The normalized spacial score (nSPS) is 25.2. The molecule has 1 fully saturated rings. The minimum Gasteiger partial charge on any atom is -0.750 e. The van der Waals surface area contributed by atoms with Crippen LogP contribution in [0.4, 0.5) is 0 Å². The van der Waals surface area contributed by atoms with Gasteiger partial charge in [0.05, 0.1) is 5.41 Å². The van der Waals surface area contributed by atoms with Crippen LogP contribution in [0.5, 0.6) is 0 Å². The molecule has 17 heavy (non-hydrogen) atoms. The van der Waals surface area contributed by atoms with Gasteiger partial charge in [-0.2, -0.15) is 0 Å². The maximum atomic E-state index is 12.1. The highest BCUT2D eigenvalue weighted by Crippen LogP contribution is 2.38. The van der Waals surface area contributed by atoms with E-state index >= 15 is 0 Å². The molecule has 1 aliphatic rings. The maximum absolute atomic E-state index is 12.1. The Hall–Kier alpha value is -1.75. The molecule has 90 valence electrons. The van der Waals surface area contributed by atoms with Crippen molar-refractivity contribution in [2.75, 3.05) is 0 Å². The number of carbonyl (C=O) groups excluding carboxylic acids is 2. The molecule has 0 aromatic carbocycles. The molecule has 1 atom stereocenters. The zero-order chi connectivity index (χ0) is 12.5. The Kier molecular flexibility index (Phi) is 2.93. The summed E-state index contributed by atoms with van der Waals surface area (Å²) in [4.78, 5) is 27.2. The third-order valence-corrected chi connectivity index (χ3v) is 3.42. The number of pyridine rings is 1. The number of piperidine rings is 1. The molecule has 0 saturated carbocycles. The summed E-state index contributed by atoms with van der Waals surface area (Å²) in [5.74, 6) is -1.30. The lowest BCUT2D eigenvalue weighted by atomic mass is 9.72. The van der Waals surface area contributed by atoms with Crippen molar-refractivity contribution >= 4 is 11.8 Å². The molecule has 2 amide bonds. The molecule has 0 N–H and O–H groups in total. The molecule has 2 rings (SSSR count). The first-order valence-electron chi connectivity index (χ1n) is 5.57. The van der Waals surface area contributed by atoms with Crippen molar-refractivity contribution < 1.29 is 9.59 Å². The van der Waals surface area contributed by atoms with E-state index in [1.807, 2.05) is 6.92 Å². The quantitative estimate of drug-likeness (QED) is 0.723. The number of rotatable bonds is 2. The van der Waals surface area contributed by atoms with Gasteiger partial charge in [-0.1, -0.05) is 6.92 Å². The summed E-state index contributed by atoms with van der Waals surface area (Å²) in [6.07, 6.45) is 4.19. The number of hydrogen-bond acceptors (Lipinski definition) is 4. The van der Waals surface area contributed by atoms with Crippen LogP contribution in [0.2, 0.25) is 0 Å². The third-order valence-electron chi connectivity index (χ3n) is 3.42. The van der Waals surface area contributed by atoms with Crippen LogP contribution in [-0.2, 0) is 15.0 Å². The van der Waals surface area contributed by atoms with Gasteiger partial charge in [0.15, 0.2) is 0 Å². The average Bonchev–Trinajstić information content (AvgIpc) is 2.38. The van der Waals surface area contributed by atoms with Crippen LogP contribution in [0.3, 0.4) is 0 Å². The van der Waals surface area contributed by atoms with Crippen LogP contribution in [-0.4, -0.2) is 21.9 Å². The van der Waals surface area contributed by atoms with Crippen molar-refractivity contribution in [1.29, 1.82) is 0 Å². The minimum atomic E-state index is -0.862. The van der Waals surface area contributed by atoms with E-state index in [0.717, 1.165) is 5.56 Å². The van der Waals surface area contributed by atoms with Gasteiger partial charge in [0, 0.05) is 18.8 Å². The van der Waals surface area contributed by atoms with Crippen LogP contribution < -0.4 is 0 Å². The molecule has 5 heteroatoms. The van der Waals surface area contributed by atoms with E-state index in [1.165, 1.54) is 0 Å². The first-order valence-corrected chi connectivity index (χ1v) is 5.57. The highest BCUT2D eigenvalue weighted by molar-refractivity contribution is 6.03. The lowest BCUT2D eigenvalue weighted by Crippen LogP contribution is -2.51. The summed E-state index contributed by atoms with van der Waals surface area (Å²) in [5.41, 5.74) is -0.105. The van der Waals surface area contributed by atoms with Gasteiger partial charge in [-0.3, -0.25) is 14.6 Å². The summed E-state index contributed by atoms with van der Waals surface area (Å²) in [5, 5.41) is 11.5. The first kappa shape index (κ1) is 11.7. The van der Waals surface area contributed by atoms with E-state index in [9.17, 15) is 14.8 Å². The predicted octanol–water partition coefficient (Wildman–Crippen LogP) is 1.38. The molecule has 1 aliphatic heterocycles. The molecule has 0 aliphatic carbocycles. The topological polar surface area (TPSA) is 73.3 Å². The Labute approximate surface area is 99.0 Å². The van der Waals surface area contributed by atoms with Crippen molar-refractivity contribution in [3.8, 4) is 0 Å². The number of hydrogen-bond donors (Lipinski definition) is 0. The fourth-order valence-corrected chi connectivity index (χ4v) is 2.31. The van der Waals surface area contributed by atoms with Gasteiger partial charge in [-0.25, -0.2) is 0 Å². The van der Waals surface area contributed by atoms with Crippen molar-refractivity contribution in [3.63, 3.8) is 0 Å². The molecule has 5 nitrogen and oxygen atoms in total. The highest BCUT2D eigenvalue weighted by atomic mass is 16.5. The van der Waals surface area contributed by atoms with Gasteiger partial charge in [0.25, 0.3) is 0 Å². The SMILES string of the molecule is CCC1(c2ccncc2)CCC(=O)N([O-])C1=O. The van der Waals surface area contributed by atoms with E-state index in [-0.39, 0.29) is 11.5 Å². The van der Waals surface area contributed by atoms with Gasteiger partial charge in [-0.15, -0.1) is 0 Å². The number of imide groups is 1. The maximum Gasteiger partial charge on any atom is 0.229 e.